The Morgan fingerprint density at radius 2 is 1.72 bits per heavy atom. The SMILES string of the molecule is CCOc1ccc(-n2nnnc2CN2CCN(C(=O)C3CC(=O)N(c4ccc(F)cc4)C3)CC2)cc1. The predicted molar refractivity (Wildman–Crippen MR) is 129 cm³/mol. The highest BCUT2D eigenvalue weighted by atomic mass is 19.1. The first-order valence-corrected chi connectivity index (χ1v) is 12.1. The van der Waals surface area contributed by atoms with Crippen LogP contribution in [0.1, 0.15) is 19.2 Å². The number of hydrogen-bond acceptors (Lipinski definition) is 7. The summed E-state index contributed by atoms with van der Waals surface area (Å²) in [5.41, 5.74) is 1.47. The molecule has 2 saturated heterocycles. The van der Waals surface area contributed by atoms with Crippen LogP contribution in [0.5, 0.6) is 5.75 Å². The van der Waals surface area contributed by atoms with Gasteiger partial charge in [-0.15, -0.1) is 5.10 Å². The molecule has 3 heterocycles. The quantitative estimate of drug-likeness (QED) is 0.496. The standard InChI is InChI=1S/C25H28FN7O3/c1-2-36-22-9-7-21(8-10-22)33-23(27-28-29-33)17-30-11-13-31(14-12-30)25(35)18-15-24(34)32(16-18)20-5-3-19(26)4-6-20/h3-10,18H,2,11-17H2,1H3. The maximum atomic E-state index is 13.2. The number of carbonyl (C=O) groups excluding carboxylic acids is 2. The summed E-state index contributed by atoms with van der Waals surface area (Å²) >= 11 is 0. The fraction of sp³-hybridized carbons (Fsp3) is 0.400. The maximum Gasteiger partial charge on any atom is 0.228 e. The number of ether oxygens (including phenoxy) is 1. The smallest absolute Gasteiger partial charge is 0.228 e. The van der Waals surface area contributed by atoms with Crippen molar-refractivity contribution in [2.75, 3.05) is 44.2 Å². The van der Waals surface area contributed by atoms with E-state index in [9.17, 15) is 14.0 Å². The van der Waals surface area contributed by atoms with Crippen molar-refractivity contribution in [3.05, 3.63) is 60.2 Å². The van der Waals surface area contributed by atoms with Crippen molar-refractivity contribution in [3.63, 3.8) is 0 Å². The van der Waals surface area contributed by atoms with Crippen LogP contribution >= 0.6 is 0 Å². The first kappa shape index (κ1) is 23.9. The third-order valence-corrected chi connectivity index (χ3v) is 6.59. The minimum absolute atomic E-state index is 0.00756. The summed E-state index contributed by atoms with van der Waals surface area (Å²) in [6.45, 7) is 5.94. The van der Waals surface area contributed by atoms with Gasteiger partial charge in [-0.2, -0.15) is 4.68 Å². The Bertz CT molecular complexity index is 1210. The summed E-state index contributed by atoms with van der Waals surface area (Å²) in [4.78, 5) is 31.3. The van der Waals surface area contributed by atoms with Gasteiger partial charge in [0.25, 0.3) is 0 Å². The summed E-state index contributed by atoms with van der Waals surface area (Å²) in [6, 6.07) is 13.4. The number of tetrazole rings is 1. The summed E-state index contributed by atoms with van der Waals surface area (Å²) in [7, 11) is 0. The van der Waals surface area contributed by atoms with Crippen LogP contribution in [0.3, 0.4) is 0 Å². The number of amides is 2. The number of carbonyl (C=O) groups is 2. The molecule has 3 aromatic rings. The lowest BCUT2D eigenvalue weighted by Crippen LogP contribution is -2.50. The average molecular weight is 494 g/mol. The Morgan fingerprint density at radius 3 is 2.42 bits per heavy atom. The van der Waals surface area contributed by atoms with E-state index in [4.69, 9.17) is 4.74 Å². The van der Waals surface area contributed by atoms with Crippen LogP contribution in [0.15, 0.2) is 48.5 Å². The molecule has 0 spiro atoms. The van der Waals surface area contributed by atoms with E-state index in [0.717, 1.165) is 17.3 Å². The van der Waals surface area contributed by atoms with Gasteiger partial charge < -0.3 is 14.5 Å². The summed E-state index contributed by atoms with van der Waals surface area (Å²) in [5, 5.41) is 12.2. The van der Waals surface area contributed by atoms with E-state index in [-0.39, 0.29) is 30.0 Å². The number of piperazine rings is 1. The lowest BCUT2D eigenvalue weighted by molar-refractivity contribution is -0.137. The molecule has 1 aromatic heterocycles. The Kier molecular flexibility index (Phi) is 6.90. The van der Waals surface area contributed by atoms with E-state index >= 15 is 0 Å². The Labute approximate surface area is 208 Å². The van der Waals surface area contributed by atoms with Gasteiger partial charge in [0, 0.05) is 44.8 Å². The third kappa shape index (κ3) is 5.06. The van der Waals surface area contributed by atoms with E-state index in [1.165, 1.54) is 12.1 Å². The molecular weight excluding hydrogens is 465 g/mol. The highest BCUT2D eigenvalue weighted by Gasteiger charge is 2.38. The first-order valence-electron chi connectivity index (χ1n) is 12.1. The van der Waals surface area contributed by atoms with E-state index in [0.29, 0.717) is 51.6 Å². The van der Waals surface area contributed by atoms with E-state index in [1.807, 2.05) is 36.1 Å². The molecule has 0 N–H and O–H groups in total. The normalized spacial score (nSPS) is 18.6. The molecule has 36 heavy (non-hydrogen) atoms. The Balaban J connectivity index is 1.15. The molecule has 1 atom stereocenters. The minimum Gasteiger partial charge on any atom is -0.494 e. The van der Waals surface area contributed by atoms with Gasteiger partial charge in [0.05, 0.1) is 24.8 Å². The molecule has 2 aromatic carbocycles. The van der Waals surface area contributed by atoms with Crippen molar-refractivity contribution >= 4 is 17.5 Å². The minimum atomic E-state index is -0.388. The fourth-order valence-electron chi connectivity index (χ4n) is 4.68. The third-order valence-electron chi connectivity index (χ3n) is 6.59. The van der Waals surface area contributed by atoms with Crippen molar-refractivity contribution in [1.82, 2.24) is 30.0 Å². The van der Waals surface area contributed by atoms with Crippen LogP contribution in [0.2, 0.25) is 0 Å². The molecule has 2 amide bonds. The second kappa shape index (κ2) is 10.4. The maximum absolute atomic E-state index is 13.2. The van der Waals surface area contributed by atoms with Gasteiger partial charge in [0.2, 0.25) is 11.8 Å². The van der Waals surface area contributed by atoms with Gasteiger partial charge in [-0.3, -0.25) is 14.5 Å². The van der Waals surface area contributed by atoms with Crippen LogP contribution in [0, 0.1) is 11.7 Å². The van der Waals surface area contributed by atoms with Crippen molar-refractivity contribution < 1.29 is 18.7 Å². The van der Waals surface area contributed by atoms with Gasteiger partial charge in [0.1, 0.15) is 11.6 Å². The Hall–Kier alpha value is -3.86. The number of aromatic nitrogens is 4. The molecule has 2 fully saturated rings. The Morgan fingerprint density at radius 1 is 1.03 bits per heavy atom. The summed E-state index contributed by atoms with van der Waals surface area (Å²) in [6.07, 6.45) is 0.174. The molecule has 11 heteroatoms. The molecule has 188 valence electrons. The highest BCUT2D eigenvalue weighted by molar-refractivity contribution is 6.00. The molecule has 2 aliphatic rings. The van der Waals surface area contributed by atoms with Gasteiger partial charge >= 0.3 is 0 Å². The first-order chi connectivity index (χ1) is 17.5. The number of anilines is 1. The van der Waals surface area contributed by atoms with Gasteiger partial charge in [0.15, 0.2) is 5.82 Å². The molecule has 1 unspecified atom stereocenters. The van der Waals surface area contributed by atoms with E-state index < -0.39 is 0 Å². The number of hydrogen-bond donors (Lipinski definition) is 0. The molecule has 5 rings (SSSR count). The molecule has 0 radical (unpaired) electrons. The van der Waals surface area contributed by atoms with E-state index in [2.05, 4.69) is 20.4 Å². The number of benzene rings is 2. The van der Waals surface area contributed by atoms with Crippen molar-refractivity contribution in [2.24, 2.45) is 5.92 Å². The molecule has 0 saturated carbocycles. The van der Waals surface area contributed by atoms with Crippen molar-refractivity contribution in [1.29, 1.82) is 0 Å². The summed E-state index contributed by atoms with van der Waals surface area (Å²) in [5.74, 6) is 0.647. The monoisotopic (exact) mass is 493 g/mol. The zero-order valence-electron chi connectivity index (χ0n) is 20.1. The van der Waals surface area contributed by atoms with Crippen LogP contribution < -0.4 is 9.64 Å². The molecule has 10 nitrogen and oxygen atoms in total. The molecular formula is C25H28FN7O3. The van der Waals surface area contributed by atoms with E-state index in [1.54, 1.807) is 21.7 Å². The second-order valence-corrected chi connectivity index (χ2v) is 8.92. The lowest BCUT2D eigenvalue weighted by Gasteiger charge is -2.35. The number of rotatable bonds is 7. The molecule has 0 aliphatic carbocycles. The number of nitrogens with zero attached hydrogens (tertiary/aromatic N) is 7. The van der Waals surface area contributed by atoms with Crippen LogP contribution in [-0.4, -0.2) is 81.2 Å². The van der Waals surface area contributed by atoms with Crippen LogP contribution in [-0.2, 0) is 16.1 Å². The van der Waals surface area contributed by atoms with Gasteiger partial charge in [-0.25, -0.2) is 4.39 Å². The average Bonchev–Trinajstić information content (AvgIpc) is 3.52. The largest absolute Gasteiger partial charge is 0.494 e. The summed E-state index contributed by atoms with van der Waals surface area (Å²) < 4.78 is 20.4. The number of halogens is 1. The topological polar surface area (TPSA) is 96.7 Å². The van der Waals surface area contributed by atoms with Gasteiger partial charge in [-0.1, -0.05) is 0 Å². The second-order valence-electron chi connectivity index (χ2n) is 8.92. The van der Waals surface area contributed by atoms with Crippen LogP contribution in [0.25, 0.3) is 5.69 Å². The van der Waals surface area contributed by atoms with Crippen LogP contribution in [0.4, 0.5) is 10.1 Å². The fourth-order valence-corrected chi connectivity index (χ4v) is 4.68. The predicted octanol–water partition coefficient (Wildman–Crippen LogP) is 1.90. The molecule has 2 aliphatic heterocycles. The van der Waals surface area contributed by atoms with Crippen molar-refractivity contribution in [2.45, 2.75) is 19.9 Å². The van der Waals surface area contributed by atoms with Crippen molar-refractivity contribution in [3.8, 4) is 11.4 Å². The lowest BCUT2D eigenvalue weighted by atomic mass is 10.1. The molecule has 0 bridgehead atoms. The highest BCUT2D eigenvalue weighted by Crippen LogP contribution is 2.27. The zero-order valence-corrected chi connectivity index (χ0v) is 20.1. The zero-order chi connectivity index (χ0) is 25.1. The van der Waals surface area contributed by atoms with Gasteiger partial charge in [-0.05, 0) is 65.9 Å².